The topological polar surface area (TPSA) is 92.7 Å². The van der Waals surface area contributed by atoms with Gasteiger partial charge < -0.3 is 15.2 Å². The van der Waals surface area contributed by atoms with Gasteiger partial charge in [-0.1, -0.05) is 51.4 Å². The number of nitrogens with one attached hydrogen (secondary N) is 1. The summed E-state index contributed by atoms with van der Waals surface area (Å²) in [4.78, 5) is 37.1. The first kappa shape index (κ1) is 28.4. The molecule has 1 aliphatic carbocycles. The number of rotatable bonds is 8. The molecule has 6 nitrogen and oxygen atoms in total. The van der Waals surface area contributed by atoms with E-state index in [1.165, 1.54) is 12.5 Å². The van der Waals surface area contributed by atoms with Crippen LogP contribution < -0.4 is 5.32 Å². The van der Waals surface area contributed by atoms with Crippen LogP contribution in [0.3, 0.4) is 0 Å². The van der Waals surface area contributed by atoms with Crippen molar-refractivity contribution in [2.24, 2.45) is 22.7 Å². The highest BCUT2D eigenvalue weighted by molar-refractivity contribution is 6.26. The van der Waals surface area contributed by atoms with Gasteiger partial charge in [0.25, 0.3) is 0 Å². The number of ether oxygens (including phenoxy) is 1. The predicted octanol–water partition coefficient (Wildman–Crippen LogP) is 4.54. The van der Waals surface area contributed by atoms with Gasteiger partial charge in [0.2, 0.25) is 5.91 Å². The molecule has 182 valence electrons. The smallest absolute Gasteiger partial charge is 0.302 e. The molecule has 1 rings (SSSR count). The van der Waals surface area contributed by atoms with Crippen molar-refractivity contribution in [1.29, 1.82) is 0 Å². The molecule has 7 heteroatoms. The number of Topliss-reactive ketones (excluding diaryl/α,β-unsaturated/α-hetero) is 1. The van der Waals surface area contributed by atoms with E-state index in [2.05, 4.69) is 32.2 Å². The van der Waals surface area contributed by atoms with Crippen LogP contribution in [0.2, 0.25) is 0 Å². The lowest BCUT2D eigenvalue weighted by Crippen LogP contribution is -2.63. The Balaban J connectivity index is 2.85. The Morgan fingerprint density at radius 2 is 1.81 bits per heavy atom. The summed E-state index contributed by atoms with van der Waals surface area (Å²) in [5, 5.41) is 14.2. The van der Waals surface area contributed by atoms with E-state index in [4.69, 9.17) is 16.3 Å². The van der Waals surface area contributed by atoms with Crippen LogP contribution in [0.5, 0.6) is 0 Å². The summed E-state index contributed by atoms with van der Waals surface area (Å²) in [7, 11) is 0. The normalized spacial score (nSPS) is 28.6. The molecule has 0 unspecified atom stereocenters. The summed E-state index contributed by atoms with van der Waals surface area (Å²) in [5.74, 6) is -2.17. The number of ketones is 1. The average Bonchev–Trinajstić information content (AvgIpc) is 2.65. The standard InChI is InChI=1S/C25H40ClNO5/c1-16-22(32-17(2)28)24(6,7)21(30)20(25(16,8)31)18(15-26)12-14-27-19(29)11-9-10-13-23(3,4)5/h10,13,15-16,20,22,31H,9,11-12,14H2,1-8H3,(H,27,29)/b13-10+,18-15-/t16-,20+,22+,25-/m1/s1. The molecule has 0 aromatic rings. The minimum Gasteiger partial charge on any atom is -0.461 e. The summed E-state index contributed by atoms with van der Waals surface area (Å²) in [6.07, 6.45) is 4.69. The highest BCUT2D eigenvalue weighted by Gasteiger charge is 2.60. The second-order valence-electron chi connectivity index (χ2n) is 10.7. The first-order chi connectivity index (χ1) is 14.6. The van der Waals surface area contributed by atoms with E-state index in [1.807, 2.05) is 6.08 Å². The number of aliphatic hydroxyl groups is 1. The van der Waals surface area contributed by atoms with Crippen LogP contribution >= 0.6 is 11.6 Å². The quantitative estimate of drug-likeness (QED) is 0.402. The molecule has 0 aromatic heterocycles. The molecular formula is C25H40ClNO5. The molecule has 1 fully saturated rings. The van der Waals surface area contributed by atoms with Gasteiger partial charge in [-0.3, -0.25) is 14.4 Å². The van der Waals surface area contributed by atoms with Gasteiger partial charge in [-0.05, 0) is 44.6 Å². The zero-order chi connectivity index (χ0) is 24.9. The molecule has 1 aliphatic rings. The van der Waals surface area contributed by atoms with Crippen molar-refractivity contribution >= 4 is 29.3 Å². The van der Waals surface area contributed by atoms with Crippen molar-refractivity contribution in [3.63, 3.8) is 0 Å². The van der Waals surface area contributed by atoms with E-state index in [9.17, 15) is 19.5 Å². The molecule has 2 N–H and O–H groups in total. The van der Waals surface area contributed by atoms with Gasteiger partial charge in [-0.25, -0.2) is 0 Å². The molecule has 1 saturated carbocycles. The minimum absolute atomic E-state index is 0.0807. The van der Waals surface area contributed by atoms with Crippen molar-refractivity contribution in [3.05, 3.63) is 23.3 Å². The fourth-order valence-electron chi connectivity index (χ4n) is 4.29. The number of allylic oxidation sites excluding steroid dienone is 2. The van der Waals surface area contributed by atoms with Gasteiger partial charge in [0.15, 0.2) is 5.78 Å². The summed E-state index contributed by atoms with van der Waals surface area (Å²) in [6, 6.07) is 0. The van der Waals surface area contributed by atoms with Crippen LogP contribution in [0.25, 0.3) is 0 Å². The number of hydrogen-bond donors (Lipinski definition) is 2. The van der Waals surface area contributed by atoms with Crippen LogP contribution in [0.1, 0.15) is 74.7 Å². The number of hydrogen-bond acceptors (Lipinski definition) is 5. The lowest BCUT2D eigenvalue weighted by molar-refractivity contribution is -0.192. The average molecular weight is 470 g/mol. The Bertz CT molecular complexity index is 761. The van der Waals surface area contributed by atoms with Crippen LogP contribution in [0, 0.1) is 22.7 Å². The lowest BCUT2D eigenvalue weighted by Gasteiger charge is -2.52. The molecular weight excluding hydrogens is 430 g/mol. The highest BCUT2D eigenvalue weighted by Crippen LogP contribution is 2.49. The molecule has 1 amide bonds. The Labute approximate surface area is 197 Å². The Hall–Kier alpha value is -1.66. The summed E-state index contributed by atoms with van der Waals surface area (Å²) in [5.41, 5.74) is -0.499. The Morgan fingerprint density at radius 3 is 2.31 bits per heavy atom. The van der Waals surface area contributed by atoms with Gasteiger partial charge in [0.1, 0.15) is 6.10 Å². The lowest BCUT2D eigenvalue weighted by atomic mass is 9.56. The first-order valence-electron chi connectivity index (χ1n) is 11.2. The van der Waals surface area contributed by atoms with Gasteiger partial charge in [0.05, 0.1) is 16.9 Å². The second-order valence-corrected chi connectivity index (χ2v) is 10.9. The molecule has 0 saturated heterocycles. The van der Waals surface area contributed by atoms with E-state index in [1.54, 1.807) is 27.7 Å². The molecule has 0 radical (unpaired) electrons. The summed E-state index contributed by atoms with van der Waals surface area (Å²) < 4.78 is 5.43. The molecule has 4 atom stereocenters. The zero-order valence-corrected chi connectivity index (χ0v) is 21.5. The maximum Gasteiger partial charge on any atom is 0.302 e. The van der Waals surface area contributed by atoms with Crippen molar-refractivity contribution < 1.29 is 24.2 Å². The van der Waals surface area contributed by atoms with Crippen molar-refractivity contribution in [2.45, 2.75) is 86.4 Å². The van der Waals surface area contributed by atoms with E-state index in [-0.39, 0.29) is 17.1 Å². The van der Waals surface area contributed by atoms with E-state index < -0.39 is 34.9 Å². The van der Waals surface area contributed by atoms with Crippen LogP contribution in [0.4, 0.5) is 0 Å². The van der Waals surface area contributed by atoms with E-state index in [0.29, 0.717) is 31.4 Å². The predicted molar refractivity (Wildman–Crippen MR) is 127 cm³/mol. The third kappa shape index (κ3) is 7.17. The Kier molecular flexibility index (Phi) is 9.73. The number of carbonyl (C=O) groups is 3. The number of esters is 1. The van der Waals surface area contributed by atoms with Crippen molar-refractivity contribution in [1.82, 2.24) is 5.32 Å². The van der Waals surface area contributed by atoms with E-state index in [0.717, 1.165) is 0 Å². The molecule has 32 heavy (non-hydrogen) atoms. The fraction of sp³-hybridized carbons (Fsp3) is 0.720. The van der Waals surface area contributed by atoms with Gasteiger partial charge in [-0.2, -0.15) is 0 Å². The number of halogens is 1. The number of carbonyl (C=O) groups excluding carboxylic acids is 3. The Morgan fingerprint density at radius 1 is 1.22 bits per heavy atom. The molecule has 0 aliphatic heterocycles. The minimum atomic E-state index is -1.46. The molecule has 0 spiro atoms. The van der Waals surface area contributed by atoms with Gasteiger partial charge >= 0.3 is 5.97 Å². The molecule has 0 bridgehead atoms. The first-order valence-corrected chi connectivity index (χ1v) is 11.7. The van der Waals surface area contributed by atoms with E-state index >= 15 is 0 Å². The maximum absolute atomic E-state index is 13.4. The van der Waals surface area contributed by atoms with Crippen LogP contribution in [-0.2, 0) is 19.1 Å². The van der Waals surface area contributed by atoms with Crippen LogP contribution in [0.15, 0.2) is 23.3 Å². The number of amides is 1. The van der Waals surface area contributed by atoms with Crippen LogP contribution in [-0.4, -0.2) is 41.0 Å². The second kappa shape index (κ2) is 11.0. The highest BCUT2D eigenvalue weighted by atomic mass is 35.5. The van der Waals surface area contributed by atoms with Crippen molar-refractivity contribution in [3.8, 4) is 0 Å². The monoisotopic (exact) mass is 469 g/mol. The maximum atomic E-state index is 13.4. The SMILES string of the molecule is CC(=O)O[C@H]1[C@@H](C)[C@@](C)(O)[C@@H](/C(=C\Cl)CCNC(=O)CC/C=C/C(C)(C)C)C(=O)C1(C)C. The molecule has 0 heterocycles. The van der Waals surface area contributed by atoms with Gasteiger partial charge in [-0.15, -0.1) is 0 Å². The van der Waals surface area contributed by atoms with Crippen molar-refractivity contribution in [2.75, 3.05) is 6.54 Å². The largest absolute Gasteiger partial charge is 0.461 e. The third-order valence-corrected chi connectivity index (χ3v) is 6.54. The summed E-state index contributed by atoms with van der Waals surface area (Å²) in [6.45, 7) is 14.7. The van der Waals surface area contributed by atoms with Gasteiger partial charge in [0, 0.05) is 31.3 Å². The molecule has 0 aromatic carbocycles. The fourth-order valence-corrected chi connectivity index (χ4v) is 4.53. The summed E-state index contributed by atoms with van der Waals surface area (Å²) >= 11 is 6.08. The third-order valence-electron chi connectivity index (χ3n) is 6.26. The zero-order valence-electron chi connectivity index (χ0n) is 20.8.